The van der Waals surface area contributed by atoms with Gasteiger partial charge >= 0.3 is 0 Å². The van der Waals surface area contributed by atoms with Crippen molar-refractivity contribution in [1.29, 1.82) is 0 Å². The summed E-state index contributed by atoms with van der Waals surface area (Å²) >= 11 is 0. The molecule has 3 aliphatic rings. The van der Waals surface area contributed by atoms with E-state index in [1.165, 1.54) is 19.3 Å². The van der Waals surface area contributed by atoms with Gasteiger partial charge in [-0.25, -0.2) is 0 Å². The van der Waals surface area contributed by atoms with Gasteiger partial charge in [-0.05, 0) is 64.0 Å². The number of carbonyl (C=O) groups excluding carboxylic acids is 1. The van der Waals surface area contributed by atoms with E-state index < -0.39 is 0 Å². The fourth-order valence-electron chi connectivity index (χ4n) is 3.69. The van der Waals surface area contributed by atoms with Crippen LogP contribution in [0.3, 0.4) is 0 Å². The molecule has 2 heterocycles. The average molecular weight is 339 g/mol. The number of aromatic nitrogens is 2. The van der Waals surface area contributed by atoms with E-state index in [0.29, 0.717) is 29.7 Å². The zero-order valence-electron chi connectivity index (χ0n) is 13.8. The van der Waals surface area contributed by atoms with Crippen LogP contribution < -0.4 is 5.32 Å². The summed E-state index contributed by atoms with van der Waals surface area (Å²) in [5.41, 5.74) is 0.630. The Labute approximate surface area is 144 Å². The molecule has 3 fully saturated rings. The quantitative estimate of drug-likeness (QED) is 0.898. The number of nitrogens with one attached hydrogen (secondary N) is 1. The van der Waals surface area contributed by atoms with Gasteiger partial charge in [-0.2, -0.15) is 5.10 Å². The molecule has 1 amide bonds. The predicted molar refractivity (Wildman–Crippen MR) is 92.0 cm³/mol. The van der Waals surface area contributed by atoms with Crippen LogP contribution in [0.5, 0.6) is 0 Å². The Balaban J connectivity index is 0.00000156. The number of carbonyl (C=O) groups is 1. The summed E-state index contributed by atoms with van der Waals surface area (Å²) < 4.78 is 1.99. The summed E-state index contributed by atoms with van der Waals surface area (Å²) in [6.45, 7) is 4.27. The average Bonchev–Trinajstić information content (AvgIpc) is 3.47. The molecule has 2 atom stereocenters. The first-order valence-corrected chi connectivity index (χ1v) is 8.82. The van der Waals surface area contributed by atoms with E-state index in [-0.39, 0.29) is 18.3 Å². The predicted octanol–water partition coefficient (Wildman–Crippen LogP) is 2.63. The Bertz CT molecular complexity index is 547. The van der Waals surface area contributed by atoms with Crippen molar-refractivity contribution in [3.8, 4) is 0 Å². The zero-order chi connectivity index (χ0) is 15.1. The fourth-order valence-corrected chi connectivity index (χ4v) is 3.69. The van der Waals surface area contributed by atoms with E-state index in [9.17, 15) is 4.79 Å². The summed E-state index contributed by atoms with van der Waals surface area (Å²) in [4.78, 5) is 15.1. The summed E-state index contributed by atoms with van der Waals surface area (Å²) in [6, 6.07) is 3.14. The fraction of sp³-hybridized carbons (Fsp3) is 0.765. The molecule has 5 nitrogen and oxygen atoms in total. The molecule has 2 unspecified atom stereocenters. The van der Waals surface area contributed by atoms with Gasteiger partial charge < -0.3 is 10.2 Å². The van der Waals surface area contributed by atoms with Gasteiger partial charge in [0.25, 0.3) is 5.91 Å². The maximum Gasteiger partial charge on any atom is 0.274 e. The highest BCUT2D eigenvalue weighted by atomic mass is 35.5. The summed E-state index contributed by atoms with van der Waals surface area (Å²) in [5, 5.41) is 8.02. The van der Waals surface area contributed by atoms with Crippen LogP contribution in [0.2, 0.25) is 0 Å². The Hall–Kier alpha value is -1.07. The molecule has 0 bridgehead atoms. The molecule has 1 N–H and O–H groups in total. The molecule has 0 aromatic carbocycles. The molecule has 1 saturated heterocycles. The smallest absolute Gasteiger partial charge is 0.274 e. The molecule has 2 aliphatic carbocycles. The van der Waals surface area contributed by atoms with E-state index in [2.05, 4.69) is 22.2 Å². The molecular weight excluding hydrogens is 312 g/mol. The van der Waals surface area contributed by atoms with Gasteiger partial charge in [-0.15, -0.1) is 12.4 Å². The Morgan fingerprint density at radius 3 is 2.74 bits per heavy atom. The van der Waals surface area contributed by atoms with Crippen LogP contribution >= 0.6 is 12.4 Å². The van der Waals surface area contributed by atoms with Gasteiger partial charge in [0.15, 0.2) is 0 Å². The number of amides is 1. The minimum atomic E-state index is 0. The molecule has 0 spiro atoms. The van der Waals surface area contributed by atoms with Gasteiger partial charge in [-0.1, -0.05) is 0 Å². The van der Waals surface area contributed by atoms with Crippen LogP contribution in [0.1, 0.15) is 62.0 Å². The van der Waals surface area contributed by atoms with Crippen LogP contribution in [-0.2, 0) is 0 Å². The van der Waals surface area contributed by atoms with Crippen molar-refractivity contribution in [2.75, 3.05) is 13.1 Å². The first-order valence-electron chi connectivity index (χ1n) is 8.82. The molecule has 0 radical (unpaired) electrons. The standard InChI is InChI=1S/C17H26N4O.ClH/c1-12(13-4-5-13)21(14-6-7-14)17(22)16-8-10-20(19-16)15-3-2-9-18-11-15;/h8,10,12-15,18H,2-7,9,11H2,1H3;1H. The maximum atomic E-state index is 12.9. The van der Waals surface area contributed by atoms with Crippen molar-refractivity contribution in [2.45, 2.75) is 63.6 Å². The van der Waals surface area contributed by atoms with Crippen molar-refractivity contribution < 1.29 is 4.79 Å². The third-order valence-electron chi connectivity index (χ3n) is 5.39. The molecular formula is C17H27ClN4O. The zero-order valence-corrected chi connectivity index (χ0v) is 14.6. The lowest BCUT2D eigenvalue weighted by Crippen LogP contribution is -2.42. The van der Waals surface area contributed by atoms with Crippen molar-refractivity contribution in [2.24, 2.45) is 5.92 Å². The highest BCUT2D eigenvalue weighted by molar-refractivity contribution is 5.93. The molecule has 2 saturated carbocycles. The van der Waals surface area contributed by atoms with Gasteiger partial charge in [0.2, 0.25) is 0 Å². The SMILES string of the molecule is CC(C1CC1)N(C(=O)c1ccn(C2CCCNC2)n1)C1CC1.Cl. The monoisotopic (exact) mass is 338 g/mol. The van der Waals surface area contributed by atoms with Gasteiger partial charge in [-0.3, -0.25) is 9.48 Å². The largest absolute Gasteiger partial charge is 0.331 e. The van der Waals surface area contributed by atoms with E-state index in [0.717, 1.165) is 32.4 Å². The van der Waals surface area contributed by atoms with Crippen molar-refractivity contribution >= 4 is 18.3 Å². The Kier molecular flexibility index (Phi) is 4.97. The number of nitrogens with zero attached hydrogens (tertiary/aromatic N) is 3. The lowest BCUT2D eigenvalue weighted by Gasteiger charge is -2.29. The minimum absolute atomic E-state index is 0. The van der Waals surface area contributed by atoms with E-state index >= 15 is 0 Å². The van der Waals surface area contributed by atoms with Crippen LogP contribution in [0.25, 0.3) is 0 Å². The van der Waals surface area contributed by atoms with E-state index in [1.54, 1.807) is 0 Å². The van der Waals surface area contributed by atoms with Gasteiger partial charge in [0.1, 0.15) is 5.69 Å². The molecule has 1 aliphatic heterocycles. The summed E-state index contributed by atoms with van der Waals surface area (Å²) in [5.74, 6) is 0.860. The normalized spacial score (nSPS) is 25.5. The Morgan fingerprint density at radius 1 is 1.35 bits per heavy atom. The maximum absolute atomic E-state index is 12.9. The van der Waals surface area contributed by atoms with Crippen molar-refractivity contribution in [1.82, 2.24) is 20.0 Å². The number of hydrogen-bond donors (Lipinski definition) is 1. The molecule has 6 heteroatoms. The lowest BCUT2D eigenvalue weighted by molar-refractivity contribution is 0.0646. The van der Waals surface area contributed by atoms with Crippen LogP contribution in [0.15, 0.2) is 12.3 Å². The van der Waals surface area contributed by atoms with Crippen molar-refractivity contribution in [3.63, 3.8) is 0 Å². The number of halogens is 1. The first kappa shape index (κ1) is 16.8. The molecule has 4 rings (SSSR count). The lowest BCUT2D eigenvalue weighted by atomic mass is 10.1. The highest BCUT2D eigenvalue weighted by Crippen LogP contribution is 2.40. The summed E-state index contributed by atoms with van der Waals surface area (Å²) in [6.07, 6.45) is 9.19. The molecule has 1 aromatic rings. The van der Waals surface area contributed by atoms with Crippen LogP contribution in [0.4, 0.5) is 0 Å². The topological polar surface area (TPSA) is 50.2 Å². The number of hydrogen-bond acceptors (Lipinski definition) is 3. The third kappa shape index (κ3) is 3.56. The third-order valence-corrected chi connectivity index (χ3v) is 5.39. The second kappa shape index (κ2) is 6.81. The van der Waals surface area contributed by atoms with Crippen LogP contribution in [-0.4, -0.2) is 45.8 Å². The second-order valence-corrected chi connectivity index (χ2v) is 7.20. The van der Waals surface area contributed by atoms with E-state index in [1.807, 2.05) is 16.9 Å². The van der Waals surface area contributed by atoms with Gasteiger partial charge in [0.05, 0.1) is 6.04 Å². The van der Waals surface area contributed by atoms with Crippen molar-refractivity contribution in [3.05, 3.63) is 18.0 Å². The highest BCUT2D eigenvalue weighted by Gasteiger charge is 2.42. The number of piperidine rings is 1. The molecule has 1 aromatic heterocycles. The minimum Gasteiger partial charge on any atom is -0.331 e. The van der Waals surface area contributed by atoms with E-state index in [4.69, 9.17) is 0 Å². The summed E-state index contributed by atoms with van der Waals surface area (Å²) in [7, 11) is 0. The second-order valence-electron chi connectivity index (χ2n) is 7.20. The van der Waals surface area contributed by atoms with Gasteiger partial charge in [0, 0.05) is 24.8 Å². The number of rotatable bonds is 5. The molecule has 23 heavy (non-hydrogen) atoms. The first-order chi connectivity index (χ1) is 10.7. The molecule has 128 valence electrons. The van der Waals surface area contributed by atoms with Crippen LogP contribution in [0, 0.1) is 5.92 Å². The Morgan fingerprint density at radius 2 is 2.13 bits per heavy atom.